The number of nitrogens with zero attached hydrogens (tertiary/aromatic N) is 3. The van der Waals surface area contributed by atoms with E-state index in [4.69, 9.17) is 13.9 Å². The first-order valence-electron chi connectivity index (χ1n) is 6.31. The van der Waals surface area contributed by atoms with E-state index in [1.807, 2.05) is 25.2 Å². The van der Waals surface area contributed by atoms with Crippen molar-refractivity contribution in [3.63, 3.8) is 0 Å². The maximum absolute atomic E-state index is 5.42. The molecule has 2 rings (SSSR count). The number of benzene rings is 1. The van der Waals surface area contributed by atoms with Crippen LogP contribution in [0.4, 0.5) is 0 Å². The molecule has 0 spiro atoms. The van der Waals surface area contributed by atoms with Crippen LogP contribution in [-0.4, -0.2) is 36.4 Å². The van der Waals surface area contributed by atoms with Crippen LogP contribution in [-0.2, 0) is 13.1 Å². The summed E-state index contributed by atoms with van der Waals surface area (Å²) >= 11 is 0. The van der Waals surface area contributed by atoms with Gasteiger partial charge in [0.15, 0.2) is 11.5 Å². The summed E-state index contributed by atoms with van der Waals surface area (Å²) in [6.07, 6.45) is 0. The predicted molar refractivity (Wildman–Crippen MR) is 73.8 cm³/mol. The largest absolute Gasteiger partial charge is 0.493 e. The zero-order valence-electron chi connectivity index (χ0n) is 12.2. The average Bonchev–Trinajstić information content (AvgIpc) is 2.83. The summed E-state index contributed by atoms with van der Waals surface area (Å²) in [6, 6.07) is 5.84. The second-order valence-corrected chi connectivity index (χ2v) is 4.54. The first-order chi connectivity index (χ1) is 9.63. The fourth-order valence-electron chi connectivity index (χ4n) is 2.06. The van der Waals surface area contributed by atoms with Crippen molar-refractivity contribution < 1.29 is 13.9 Å². The molecule has 0 saturated carbocycles. The lowest BCUT2D eigenvalue weighted by molar-refractivity contribution is 0.271. The summed E-state index contributed by atoms with van der Waals surface area (Å²) in [4.78, 5) is 2.07. The molecule has 0 aliphatic heterocycles. The fourth-order valence-corrected chi connectivity index (χ4v) is 2.06. The van der Waals surface area contributed by atoms with E-state index in [2.05, 4.69) is 15.1 Å². The molecule has 0 aliphatic rings. The van der Waals surface area contributed by atoms with Gasteiger partial charge in [-0.25, -0.2) is 0 Å². The topological polar surface area (TPSA) is 60.6 Å². The van der Waals surface area contributed by atoms with Crippen LogP contribution in [0.2, 0.25) is 0 Å². The maximum Gasteiger partial charge on any atom is 0.230 e. The number of rotatable bonds is 6. The highest BCUT2D eigenvalue weighted by molar-refractivity contribution is 5.46. The van der Waals surface area contributed by atoms with Crippen LogP contribution < -0.4 is 9.47 Å². The molecule has 6 nitrogen and oxygen atoms in total. The Morgan fingerprint density at radius 2 is 1.95 bits per heavy atom. The third-order valence-electron chi connectivity index (χ3n) is 2.90. The monoisotopic (exact) mass is 277 g/mol. The van der Waals surface area contributed by atoms with Gasteiger partial charge < -0.3 is 13.9 Å². The molecule has 0 fully saturated rings. The molecule has 0 radical (unpaired) electrons. The first-order valence-corrected chi connectivity index (χ1v) is 6.31. The highest BCUT2D eigenvalue weighted by Crippen LogP contribution is 2.31. The van der Waals surface area contributed by atoms with Crippen molar-refractivity contribution in [2.45, 2.75) is 20.0 Å². The Balaban J connectivity index is 2.09. The van der Waals surface area contributed by atoms with Gasteiger partial charge in [0, 0.05) is 19.0 Å². The van der Waals surface area contributed by atoms with Gasteiger partial charge in [0.2, 0.25) is 11.8 Å². The minimum atomic E-state index is 0.576. The maximum atomic E-state index is 5.42. The third-order valence-corrected chi connectivity index (χ3v) is 2.90. The van der Waals surface area contributed by atoms with Crippen LogP contribution in [0, 0.1) is 6.92 Å². The molecule has 0 unspecified atom stereocenters. The van der Waals surface area contributed by atoms with Gasteiger partial charge in [-0.3, -0.25) is 4.90 Å². The normalized spacial score (nSPS) is 10.8. The van der Waals surface area contributed by atoms with E-state index < -0.39 is 0 Å². The van der Waals surface area contributed by atoms with Crippen molar-refractivity contribution in [3.8, 4) is 11.5 Å². The molecule has 20 heavy (non-hydrogen) atoms. The van der Waals surface area contributed by atoms with Crippen molar-refractivity contribution in [3.05, 3.63) is 35.5 Å². The number of ether oxygens (including phenoxy) is 2. The van der Waals surface area contributed by atoms with Crippen LogP contribution in [0.15, 0.2) is 22.6 Å². The molecule has 1 heterocycles. The summed E-state index contributed by atoms with van der Waals surface area (Å²) in [5.74, 6) is 2.66. The second-order valence-electron chi connectivity index (χ2n) is 4.54. The highest BCUT2D eigenvalue weighted by atomic mass is 16.5. The fraction of sp³-hybridized carbons (Fsp3) is 0.429. The van der Waals surface area contributed by atoms with E-state index in [-0.39, 0.29) is 0 Å². The molecule has 0 N–H and O–H groups in total. The molecule has 0 aliphatic carbocycles. The Hall–Kier alpha value is -2.08. The summed E-state index contributed by atoms with van der Waals surface area (Å²) in [5, 5.41) is 7.81. The van der Waals surface area contributed by atoms with Gasteiger partial charge in [0.05, 0.1) is 20.8 Å². The highest BCUT2D eigenvalue weighted by Gasteiger charge is 2.13. The number of hydrogen-bond acceptors (Lipinski definition) is 6. The standard InChI is InChI=1S/C14H19N3O3/c1-10-15-16-13(20-10)9-17(2)8-11-6-5-7-12(18-3)14(11)19-4/h5-7H,8-9H2,1-4H3. The van der Waals surface area contributed by atoms with E-state index in [0.29, 0.717) is 24.9 Å². The average molecular weight is 277 g/mol. The summed E-state index contributed by atoms with van der Waals surface area (Å²) in [6.45, 7) is 3.06. The molecule has 0 bridgehead atoms. The van der Waals surface area contributed by atoms with Gasteiger partial charge >= 0.3 is 0 Å². The molecule has 1 aromatic heterocycles. The molecule has 6 heteroatoms. The SMILES string of the molecule is COc1cccc(CN(C)Cc2nnc(C)o2)c1OC. The molecular formula is C14H19N3O3. The van der Waals surface area contributed by atoms with Crippen LogP contribution in [0.1, 0.15) is 17.3 Å². The van der Waals surface area contributed by atoms with Gasteiger partial charge in [-0.2, -0.15) is 0 Å². The van der Waals surface area contributed by atoms with Crippen LogP contribution in [0.3, 0.4) is 0 Å². The first kappa shape index (κ1) is 14.3. The Kier molecular flexibility index (Phi) is 4.57. The summed E-state index contributed by atoms with van der Waals surface area (Å²) in [7, 11) is 5.26. The minimum absolute atomic E-state index is 0.576. The number of methoxy groups -OCH3 is 2. The zero-order valence-corrected chi connectivity index (χ0v) is 12.2. The van der Waals surface area contributed by atoms with Gasteiger partial charge in [-0.15, -0.1) is 10.2 Å². The van der Waals surface area contributed by atoms with Crippen molar-refractivity contribution in [1.29, 1.82) is 0 Å². The zero-order chi connectivity index (χ0) is 14.5. The molecule has 1 aromatic carbocycles. The molecule has 2 aromatic rings. The Morgan fingerprint density at radius 3 is 2.55 bits per heavy atom. The van der Waals surface area contributed by atoms with E-state index in [1.165, 1.54) is 0 Å². The number of para-hydroxylation sites is 1. The lowest BCUT2D eigenvalue weighted by Gasteiger charge is -2.18. The molecular weight excluding hydrogens is 258 g/mol. The van der Waals surface area contributed by atoms with Gasteiger partial charge in [-0.05, 0) is 13.1 Å². The molecule has 0 amide bonds. The van der Waals surface area contributed by atoms with E-state index in [0.717, 1.165) is 17.1 Å². The lowest BCUT2D eigenvalue weighted by Crippen LogP contribution is -2.18. The predicted octanol–water partition coefficient (Wildman–Crippen LogP) is 2.03. The number of hydrogen-bond donors (Lipinski definition) is 0. The van der Waals surface area contributed by atoms with Crippen molar-refractivity contribution in [1.82, 2.24) is 15.1 Å². The molecule has 108 valence electrons. The van der Waals surface area contributed by atoms with E-state index in [1.54, 1.807) is 21.1 Å². The van der Waals surface area contributed by atoms with E-state index >= 15 is 0 Å². The van der Waals surface area contributed by atoms with Crippen molar-refractivity contribution >= 4 is 0 Å². The quantitative estimate of drug-likeness (QED) is 0.805. The second kappa shape index (κ2) is 6.38. The Labute approximate surface area is 118 Å². The lowest BCUT2D eigenvalue weighted by atomic mass is 10.1. The van der Waals surface area contributed by atoms with Gasteiger partial charge in [0.1, 0.15) is 0 Å². The van der Waals surface area contributed by atoms with Crippen molar-refractivity contribution in [2.75, 3.05) is 21.3 Å². The summed E-state index contributed by atoms with van der Waals surface area (Å²) in [5.41, 5.74) is 1.05. The van der Waals surface area contributed by atoms with E-state index in [9.17, 15) is 0 Å². The molecule has 0 atom stereocenters. The van der Waals surface area contributed by atoms with Crippen LogP contribution >= 0.6 is 0 Å². The molecule has 0 saturated heterocycles. The van der Waals surface area contributed by atoms with Gasteiger partial charge in [-0.1, -0.05) is 12.1 Å². The number of aryl methyl sites for hydroxylation is 1. The smallest absolute Gasteiger partial charge is 0.230 e. The summed E-state index contributed by atoms with van der Waals surface area (Å²) < 4.78 is 16.1. The minimum Gasteiger partial charge on any atom is -0.493 e. The van der Waals surface area contributed by atoms with Gasteiger partial charge in [0.25, 0.3) is 0 Å². The van der Waals surface area contributed by atoms with Crippen LogP contribution in [0.25, 0.3) is 0 Å². The Morgan fingerprint density at radius 1 is 1.15 bits per heavy atom. The Bertz CT molecular complexity index is 569. The van der Waals surface area contributed by atoms with Crippen molar-refractivity contribution in [2.24, 2.45) is 0 Å². The van der Waals surface area contributed by atoms with Crippen LogP contribution in [0.5, 0.6) is 11.5 Å². The number of aromatic nitrogens is 2. The third kappa shape index (κ3) is 3.27.